The van der Waals surface area contributed by atoms with E-state index in [1.807, 2.05) is 17.4 Å². The Bertz CT molecular complexity index is 3590. The lowest BCUT2D eigenvalue weighted by Gasteiger charge is -2.15. The smallest absolute Gasteiger partial charge is 0.164 e. The van der Waals surface area contributed by atoms with Gasteiger partial charge in [0, 0.05) is 42.2 Å². The molecule has 0 bridgehead atoms. The Balaban J connectivity index is 1.20. The number of hydrogen-bond donors (Lipinski definition) is 0. The van der Waals surface area contributed by atoms with Crippen molar-refractivity contribution in [1.82, 2.24) is 15.0 Å². The Morgan fingerprint density at radius 3 is 1.49 bits per heavy atom. The molecule has 10 aromatic carbocycles. The molecule has 0 amide bonds. The first-order chi connectivity index (χ1) is 29.2. The molecule has 3 nitrogen and oxygen atoms in total. The first-order valence-corrected chi connectivity index (χ1v) is 20.8. The number of hydrogen-bond acceptors (Lipinski definition) is 4. The Morgan fingerprint density at radius 1 is 0.288 bits per heavy atom. The molecule has 59 heavy (non-hydrogen) atoms. The van der Waals surface area contributed by atoms with Gasteiger partial charge in [-0.05, 0) is 78.2 Å². The highest BCUT2D eigenvalue weighted by Crippen LogP contribution is 2.49. The number of thiophene rings is 1. The number of fused-ring (bicyclic) bond motifs is 11. The Kier molecular flexibility index (Phi) is 7.72. The average Bonchev–Trinajstić information content (AvgIpc) is 3.69. The van der Waals surface area contributed by atoms with Gasteiger partial charge in [0.1, 0.15) is 0 Å². The molecule has 0 N–H and O–H groups in total. The molecule has 0 aliphatic heterocycles. The van der Waals surface area contributed by atoms with Crippen LogP contribution in [-0.4, -0.2) is 15.0 Å². The van der Waals surface area contributed by atoms with E-state index in [0.717, 1.165) is 33.4 Å². The Morgan fingerprint density at radius 2 is 0.780 bits per heavy atom. The lowest BCUT2D eigenvalue weighted by molar-refractivity contribution is 1.08. The van der Waals surface area contributed by atoms with Gasteiger partial charge in [0.25, 0.3) is 0 Å². The predicted octanol–water partition coefficient (Wildman–Crippen LogP) is 15.2. The van der Waals surface area contributed by atoms with Crippen molar-refractivity contribution in [2.24, 2.45) is 0 Å². The number of benzene rings is 10. The molecule has 0 aliphatic carbocycles. The van der Waals surface area contributed by atoms with Crippen molar-refractivity contribution in [1.29, 1.82) is 0 Å². The highest BCUT2D eigenvalue weighted by molar-refractivity contribution is 7.27. The van der Waals surface area contributed by atoms with Crippen LogP contribution in [0.1, 0.15) is 0 Å². The van der Waals surface area contributed by atoms with Crippen molar-refractivity contribution >= 4 is 74.6 Å². The predicted molar refractivity (Wildman–Crippen MR) is 250 cm³/mol. The zero-order valence-corrected chi connectivity index (χ0v) is 32.6. The largest absolute Gasteiger partial charge is 0.208 e. The Labute approximate surface area is 344 Å². The second-order valence-corrected chi connectivity index (χ2v) is 16.2. The van der Waals surface area contributed by atoms with E-state index >= 15 is 0 Å². The maximum absolute atomic E-state index is 5.48. The highest BCUT2D eigenvalue weighted by Gasteiger charge is 2.23. The van der Waals surface area contributed by atoms with Crippen LogP contribution < -0.4 is 0 Å². The number of rotatable bonds is 5. The summed E-state index contributed by atoms with van der Waals surface area (Å²) in [7, 11) is 0. The van der Waals surface area contributed by atoms with E-state index in [1.54, 1.807) is 0 Å². The minimum absolute atomic E-state index is 0.633. The molecule has 0 fully saturated rings. The van der Waals surface area contributed by atoms with E-state index in [4.69, 9.17) is 15.0 Å². The summed E-state index contributed by atoms with van der Waals surface area (Å²) in [6, 6.07) is 71.4. The SMILES string of the molecule is c1ccc(-c2ccc(-c3nc(-c4ccccc4-c4ccccc4)nc(-c4cc5c6ccccc6c6ccccc6c5c5sc6cc7ccccc7cc6c45)n3)cc2)cc1. The molecule has 0 saturated heterocycles. The summed E-state index contributed by atoms with van der Waals surface area (Å²) >= 11 is 1.87. The van der Waals surface area contributed by atoms with E-state index in [1.165, 1.54) is 68.8 Å². The lowest BCUT2D eigenvalue weighted by Crippen LogP contribution is -2.01. The number of aromatic nitrogens is 3. The molecule has 2 heterocycles. The molecule has 0 radical (unpaired) electrons. The van der Waals surface area contributed by atoms with Gasteiger partial charge >= 0.3 is 0 Å². The van der Waals surface area contributed by atoms with Crippen LogP contribution in [0, 0.1) is 0 Å². The summed E-state index contributed by atoms with van der Waals surface area (Å²) in [5.74, 6) is 1.92. The molecule has 0 atom stereocenters. The van der Waals surface area contributed by atoms with Gasteiger partial charge in [-0.3, -0.25) is 0 Å². The number of nitrogens with zero attached hydrogens (tertiary/aromatic N) is 3. The molecule has 0 spiro atoms. The fraction of sp³-hybridized carbons (Fsp3) is 0. The molecule has 4 heteroatoms. The molecule has 2 aromatic heterocycles. The van der Waals surface area contributed by atoms with Gasteiger partial charge in [0.2, 0.25) is 0 Å². The van der Waals surface area contributed by atoms with Gasteiger partial charge in [0.05, 0.1) is 0 Å². The zero-order chi connectivity index (χ0) is 38.9. The molecular formula is C55H33N3S. The first kappa shape index (κ1) is 33.6. The van der Waals surface area contributed by atoms with Crippen LogP contribution in [0.5, 0.6) is 0 Å². The third kappa shape index (κ3) is 5.53. The van der Waals surface area contributed by atoms with Gasteiger partial charge < -0.3 is 0 Å². The van der Waals surface area contributed by atoms with Crippen LogP contribution in [-0.2, 0) is 0 Å². The van der Waals surface area contributed by atoms with E-state index in [9.17, 15) is 0 Å². The molecule has 274 valence electrons. The standard InChI is InChI=1S/C55H33N3S/c1-3-15-34(16-4-1)35-27-29-37(30-28-35)53-56-54(45-26-14-9-21-40(45)36-17-5-2-6-18-36)58-55(57-53)48-33-46-43-24-11-10-22-41(43)42-23-12-13-25-44(42)50(46)52-51(48)47-31-38-19-7-8-20-39(38)32-49(47)59-52/h1-33H. The second kappa shape index (κ2) is 13.6. The minimum Gasteiger partial charge on any atom is -0.208 e. The fourth-order valence-electron chi connectivity index (χ4n) is 8.92. The van der Waals surface area contributed by atoms with Crippen molar-refractivity contribution < 1.29 is 0 Å². The van der Waals surface area contributed by atoms with Gasteiger partial charge in [-0.15, -0.1) is 11.3 Å². The van der Waals surface area contributed by atoms with Crippen LogP contribution in [0.25, 0.3) is 120 Å². The van der Waals surface area contributed by atoms with Gasteiger partial charge in [-0.25, -0.2) is 15.0 Å². The molecule has 0 aliphatic rings. The zero-order valence-electron chi connectivity index (χ0n) is 31.8. The quantitative estimate of drug-likeness (QED) is 0.164. The summed E-state index contributed by atoms with van der Waals surface area (Å²) in [6.07, 6.45) is 0. The highest BCUT2D eigenvalue weighted by atomic mass is 32.1. The van der Waals surface area contributed by atoms with E-state index in [2.05, 4.69) is 194 Å². The van der Waals surface area contributed by atoms with Crippen LogP contribution in [0.3, 0.4) is 0 Å². The summed E-state index contributed by atoms with van der Waals surface area (Å²) in [4.78, 5) is 16.2. The lowest BCUT2D eigenvalue weighted by atomic mass is 9.91. The first-order valence-electron chi connectivity index (χ1n) is 19.9. The summed E-state index contributed by atoms with van der Waals surface area (Å²) in [5.41, 5.74) is 7.39. The third-order valence-electron chi connectivity index (χ3n) is 11.7. The average molecular weight is 768 g/mol. The van der Waals surface area contributed by atoms with Crippen molar-refractivity contribution in [2.75, 3.05) is 0 Å². The van der Waals surface area contributed by atoms with E-state index in [-0.39, 0.29) is 0 Å². The van der Waals surface area contributed by atoms with E-state index in [0.29, 0.717) is 17.5 Å². The maximum Gasteiger partial charge on any atom is 0.164 e. The van der Waals surface area contributed by atoms with Crippen molar-refractivity contribution in [3.63, 3.8) is 0 Å². The molecule has 12 rings (SSSR count). The molecular weight excluding hydrogens is 735 g/mol. The topological polar surface area (TPSA) is 38.7 Å². The van der Waals surface area contributed by atoms with Gasteiger partial charge in [-0.1, -0.05) is 182 Å². The van der Waals surface area contributed by atoms with Crippen LogP contribution in [0.4, 0.5) is 0 Å². The minimum atomic E-state index is 0.633. The maximum atomic E-state index is 5.48. The van der Waals surface area contributed by atoms with Crippen LogP contribution in [0.15, 0.2) is 200 Å². The van der Waals surface area contributed by atoms with Gasteiger partial charge in [-0.2, -0.15) is 0 Å². The molecule has 12 aromatic rings. The van der Waals surface area contributed by atoms with Crippen molar-refractivity contribution in [2.45, 2.75) is 0 Å². The van der Waals surface area contributed by atoms with Crippen LogP contribution >= 0.6 is 11.3 Å². The summed E-state index contributed by atoms with van der Waals surface area (Å²) < 4.78 is 2.48. The summed E-state index contributed by atoms with van der Waals surface area (Å²) in [5, 5.41) is 12.2. The third-order valence-corrected chi connectivity index (χ3v) is 12.9. The van der Waals surface area contributed by atoms with Gasteiger partial charge in [0.15, 0.2) is 17.5 Å². The molecule has 0 unspecified atom stereocenters. The fourth-order valence-corrected chi connectivity index (χ4v) is 10.2. The van der Waals surface area contributed by atoms with Crippen molar-refractivity contribution in [3.8, 4) is 56.4 Å². The second-order valence-electron chi connectivity index (χ2n) is 15.1. The molecule has 0 saturated carbocycles. The monoisotopic (exact) mass is 767 g/mol. The van der Waals surface area contributed by atoms with E-state index < -0.39 is 0 Å². The normalized spacial score (nSPS) is 11.7. The summed E-state index contributed by atoms with van der Waals surface area (Å²) in [6.45, 7) is 0. The van der Waals surface area contributed by atoms with Crippen molar-refractivity contribution in [3.05, 3.63) is 200 Å². The Hall–Kier alpha value is -7.53. The van der Waals surface area contributed by atoms with Crippen LogP contribution in [0.2, 0.25) is 0 Å².